The average Bonchev–Trinajstić information content (AvgIpc) is 2.55. The van der Waals surface area contributed by atoms with E-state index in [0.29, 0.717) is 0 Å². The van der Waals surface area contributed by atoms with E-state index in [4.69, 9.17) is 19.3 Å². The Labute approximate surface area is 164 Å². The number of hydrogen-bond donors (Lipinski definition) is 8. The van der Waals surface area contributed by atoms with Crippen molar-refractivity contribution >= 4 is 29.6 Å². The molecule has 0 aromatic rings. The van der Waals surface area contributed by atoms with Crippen LogP contribution in [0.2, 0.25) is 0 Å². The van der Waals surface area contributed by atoms with Crippen LogP contribution < -0.4 is 0 Å². The molecule has 0 aromatic heterocycles. The predicted molar refractivity (Wildman–Crippen MR) is 79.4 cm³/mol. The zero-order chi connectivity index (χ0) is 17.3. The average molecular weight is 384 g/mol. The molecule has 0 amide bonds. The minimum atomic E-state index is -1.74. The third-order valence-electron chi connectivity index (χ3n) is 3.98. The van der Waals surface area contributed by atoms with Crippen LogP contribution in [0.25, 0.3) is 0 Å². The Hall–Kier alpha value is 0.520. The van der Waals surface area contributed by atoms with Crippen molar-refractivity contribution in [3.8, 4) is 0 Å². The Morgan fingerprint density at radius 1 is 0.680 bits per heavy atom. The van der Waals surface area contributed by atoms with Gasteiger partial charge in [0.2, 0.25) is 0 Å². The molecule has 2 aliphatic rings. The summed E-state index contributed by atoms with van der Waals surface area (Å²) in [6.07, 6.45) is -15.6. The van der Waals surface area contributed by atoms with Crippen LogP contribution in [-0.4, -0.2) is 151 Å². The first-order chi connectivity index (χ1) is 10.8. The third kappa shape index (κ3) is 5.28. The van der Waals surface area contributed by atoms with Gasteiger partial charge in [0.1, 0.15) is 48.8 Å². The molecule has 13 heteroatoms. The van der Waals surface area contributed by atoms with Crippen LogP contribution in [0.15, 0.2) is 0 Å². The second-order valence-corrected chi connectivity index (χ2v) is 5.53. The van der Waals surface area contributed by atoms with Crippen molar-refractivity contribution in [2.45, 2.75) is 61.4 Å². The first kappa shape index (κ1) is 25.5. The van der Waals surface area contributed by atoms with Crippen LogP contribution in [0.3, 0.4) is 0 Å². The Kier molecular flexibility index (Phi) is 11.0. The summed E-state index contributed by atoms with van der Waals surface area (Å²) in [4.78, 5) is 0. The Morgan fingerprint density at radius 2 is 1.24 bits per heavy atom. The summed E-state index contributed by atoms with van der Waals surface area (Å²) in [5, 5.41) is 76.5. The molecule has 0 aliphatic carbocycles. The molecule has 2 saturated heterocycles. The van der Waals surface area contributed by atoms with Gasteiger partial charge in [-0.2, -0.15) is 0 Å². The fourth-order valence-corrected chi connectivity index (χ4v) is 2.57. The van der Waals surface area contributed by atoms with Gasteiger partial charge >= 0.3 is 29.6 Å². The van der Waals surface area contributed by atoms with Gasteiger partial charge in [-0.25, -0.2) is 0 Å². The predicted octanol–water partition coefficient (Wildman–Crippen LogP) is -6.87. The van der Waals surface area contributed by atoms with Crippen molar-refractivity contribution in [2.75, 3.05) is 13.2 Å². The second kappa shape index (κ2) is 10.8. The molecular formula is C12H25NaO12. The molecule has 10 N–H and O–H groups in total. The van der Waals surface area contributed by atoms with Gasteiger partial charge in [0.05, 0.1) is 13.2 Å². The van der Waals surface area contributed by atoms with Crippen molar-refractivity contribution in [3.05, 3.63) is 0 Å². The van der Waals surface area contributed by atoms with E-state index in [2.05, 4.69) is 0 Å². The van der Waals surface area contributed by atoms with Gasteiger partial charge in [-0.3, -0.25) is 0 Å². The zero-order valence-electron chi connectivity index (χ0n) is 12.5. The van der Waals surface area contributed by atoms with Gasteiger partial charge in [-0.1, -0.05) is 0 Å². The van der Waals surface area contributed by atoms with Gasteiger partial charge in [0, 0.05) is 0 Å². The van der Waals surface area contributed by atoms with E-state index in [1.807, 2.05) is 0 Å². The molecule has 0 radical (unpaired) electrons. The van der Waals surface area contributed by atoms with Crippen molar-refractivity contribution < 1.29 is 60.5 Å². The molecule has 25 heavy (non-hydrogen) atoms. The van der Waals surface area contributed by atoms with Gasteiger partial charge in [-0.15, -0.1) is 0 Å². The van der Waals surface area contributed by atoms with Crippen LogP contribution in [0.1, 0.15) is 0 Å². The van der Waals surface area contributed by atoms with Crippen LogP contribution in [0, 0.1) is 0 Å². The summed E-state index contributed by atoms with van der Waals surface area (Å²) in [5.74, 6) is 0. The van der Waals surface area contributed by atoms with E-state index in [0.717, 1.165) is 0 Å². The Balaban J connectivity index is 0.00000288. The van der Waals surface area contributed by atoms with Crippen LogP contribution in [0.4, 0.5) is 0 Å². The topological polar surface area (TPSA) is 221 Å². The molecule has 146 valence electrons. The molecule has 0 aromatic carbocycles. The molecule has 0 bridgehead atoms. The molecule has 0 spiro atoms. The molecule has 0 unspecified atom stereocenters. The first-order valence-electron chi connectivity index (χ1n) is 7.08. The molecule has 12 nitrogen and oxygen atoms in total. The molecule has 10 atom stereocenters. The van der Waals surface area contributed by atoms with Crippen LogP contribution in [0.5, 0.6) is 0 Å². The van der Waals surface area contributed by atoms with E-state index in [-0.39, 0.29) is 35.0 Å². The van der Waals surface area contributed by atoms with Gasteiger partial charge in [0.25, 0.3) is 0 Å². The van der Waals surface area contributed by atoms with Crippen molar-refractivity contribution in [1.29, 1.82) is 0 Å². The SMILES string of the molecule is O.OC[C@H]1O[C@@H](O[C@H]2[C@H](O)[C@@H](O)[C@H](O)O[C@@H]2CO)[C@H](O)[C@@H](O)[C@H]1O.[NaH]. The Morgan fingerprint density at radius 3 is 1.76 bits per heavy atom. The van der Waals surface area contributed by atoms with Gasteiger partial charge in [0.15, 0.2) is 12.6 Å². The molecule has 2 heterocycles. The van der Waals surface area contributed by atoms with Crippen LogP contribution in [-0.2, 0) is 14.2 Å². The fraction of sp³-hybridized carbons (Fsp3) is 1.00. The molecule has 2 rings (SSSR count). The number of hydrogen-bond acceptors (Lipinski definition) is 11. The van der Waals surface area contributed by atoms with Crippen LogP contribution >= 0.6 is 0 Å². The summed E-state index contributed by atoms with van der Waals surface area (Å²) < 4.78 is 15.3. The maximum atomic E-state index is 9.94. The Bertz CT molecular complexity index is 385. The normalized spacial score (nSPS) is 47.5. The number of rotatable bonds is 4. The quantitative estimate of drug-likeness (QED) is 0.213. The zero-order valence-corrected chi connectivity index (χ0v) is 12.5. The van der Waals surface area contributed by atoms with Gasteiger partial charge < -0.3 is 60.5 Å². The third-order valence-corrected chi connectivity index (χ3v) is 3.98. The van der Waals surface area contributed by atoms with Crippen molar-refractivity contribution in [3.63, 3.8) is 0 Å². The van der Waals surface area contributed by atoms with Crippen molar-refractivity contribution in [1.82, 2.24) is 0 Å². The van der Waals surface area contributed by atoms with Gasteiger partial charge in [-0.05, 0) is 0 Å². The summed E-state index contributed by atoms with van der Waals surface area (Å²) in [7, 11) is 0. The number of aliphatic hydroxyl groups excluding tert-OH is 8. The van der Waals surface area contributed by atoms with E-state index < -0.39 is 74.6 Å². The molecular weight excluding hydrogens is 359 g/mol. The first-order valence-corrected chi connectivity index (χ1v) is 7.08. The van der Waals surface area contributed by atoms with Crippen molar-refractivity contribution in [2.24, 2.45) is 0 Å². The molecule has 2 aliphatic heterocycles. The standard InChI is InChI=1S/C12H22O11.Na.H2O.H/c13-1-3-5(15)6(16)9(19)12(22-3)23-10-4(2-14)21-11(20)8(18)7(10)17;;;/h3-20H,1-2H2;;1H2;/t3-,4-,5+,6+,7-,8-,9-,10-,11-,12+;;;/m1.../s1. The maximum absolute atomic E-state index is 9.94. The summed E-state index contributed by atoms with van der Waals surface area (Å²) in [6.45, 7) is -1.35. The molecule has 2 fully saturated rings. The van der Waals surface area contributed by atoms with E-state index >= 15 is 0 Å². The monoisotopic (exact) mass is 384 g/mol. The summed E-state index contributed by atoms with van der Waals surface area (Å²) >= 11 is 0. The summed E-state index contributed by atoms with van der Waals surface area (Å²) in [5.41, 5.74) is 0. The summed E-state index contributed by atoms with van der Waals surface area (Å²) in [6, 6.07) is 0. The number of aliphatic hydroxyl groups is 8. The fourth-order valence-electron chi connectivity index (χ4n) is 2.57. The minimum absolute atomic E-state index is 0. The number of ether oxygens (including phenoxy) is 3. The van der Waals surface area contributed by atoms with E-state index in [9.17, 15) is 35.7 Å². The second-order valence-electron chi connectivity index (χ2n) is 5.53. The van der Waals surface area contributed by atoms with E-state index in [1.54, 1.807) is 0 Å². The molecule has 0 saturated carbocycles. The van der Waals surface area contributed by atoms with E-state index in [1.165, 1.54) is 0 Å².